The van der Waals surface area contributed by atoms with E-state index >= 15 is 0 Å². The molecule has 0 aromatic heterocycles. The van der Waals surface area contributed by atoms with Crippen LogP contribution in [0.2, 0.25) is 0 Å². The number of ether oxygens (including phenoxy) is 2. The Hall–Kier alpha value is -1.95. The fourth-order valence-electron chi connectivity index (χ4n) is 3.25. The number of methoxy groups -OCH3 is 1. The van der Waals surface area contributed by atoms with Gasteiger partial charge in [0.2, 0.25) is 0 Å². The highest BCUT2D eigenvalue weighted by atomic mass is 16.5. The fourth-order valence-corrected chi connectivity index (χ4v) is 3.25. The van der Waals surface area contributed by atoms with Crippen molar-refractivity contribution < 1.29 is 14.3 Å². The van der Waals surface area contributed by atoms with Gasteiger partial charge in [0.25, 0.3) is 0 Å². The molecule has 0 amide bonds. The summed E-state index contributed by atoms with van der Waals surface area (Å²) in [6.45, 7) is 0. The summed E-state index contributed by atoms with van der Waals surface area (Å²) in [6, 6.07) is 5.90. The SMILES string of the molecule is C#CC1C(=O)CC1c1ccc(OC)c(OC2CCCC2)c1. The molecule has 3 rings (SSSR count). The highest BCUT2D eigenvalue weighted by Crippen LogP contribution is 2.42. The van der Waals surface area contributed by atoms with Gasteiger partial charge in [0.05, 0.1) is 19.1 Å². The molecule has 1 aromatic rings. The molecule has 0 N–H and O–H groups in total. The van der Waals surface area contributed by atoms with E-state index in [1.165, 1.54) is 12.8 Å². The predicted molar refractivity (Wildman–Crippen MR) is 80.6 cm³/mol. The molecular formula is C18H20O3. The first-order valence-corrected chi connectivity index (χ1v) is 7.56. The van der Waals surface area contributed by atoms with Gasteiger partial charge in [-0.2, -0.15) is 0 Å². The summed E-state index contributed by atoms with van der Waals surface area (Å²) in [4.78, 5) is 11.5. The normalized spacial score (nSPS) is 25.2. The van der Waals surface area contributed by atoms with Crippen molar-refractivity contribution in [2.24, 2.45) is 5.92 Å². The number of hydrogen-bond acceptors (Lipinski definition) is 3. The van der Waals surface area contributed by atoms with Crippen LogP contribution < -0.4 is 9.47 Å². The lowest BCUT2D eigenvalue weighted by atomic mass is 9.69. The van der Waals surface area contributed by atoms with Crippen molar-refractivity contribution in [2.45, 2.75) is 44.1 Å². The standard InChI is InChI=1S/C18H20O3/c1-3-14-15(11-16(14)19)12-8-9-17(20-2)18(10-12)21-13-6-4-5-7-13/h1,8-10,13-15H,4-7,11H2,2H3. The number of carbonyl (C=O) groups is 1. The average Bonchev–Trinajstić information content (AvgIpc) is 2.98. The molecule has 2 unspecified atom stereocenters. The fraction of sp³-hybridized carbons (Fsp3) is 0.500. The first-order valence-electron chi connectivity index (χ1n) is 7.56. The maximum atomic E-state index is 11.5. The van der Waals surface area contributed by atoms with Crippen LogP contribution in [0.5, 0.6) is 11.5 Å². The van der Waals surface area contributed by atoms with E-state index in [4.69, 9.17) is 15.9 Å². The quantitative estimate of drug-likeness (QED) is 0.796. The summed E-state index contributed by atoms with van der Waals surface area (Å²) < 4.78 is 11.5. The second kappa shape index (κ2) is 5.81. The number of hydrogen-bond donors (Lipinski definition) is 0. The van der Waals surface area contributed by atoms with Crippen molar-refractivity contribution in [3.63, 3.8) is 0 Å². The molecule has 3 heteroatoms. The Morgan fingerprint density at radius 2 is 2.00 bits per heavy atom. The summed E-state index contributed by atoms with van der Waals surface area (Å²) in [5.41, 5.74) is 1.08. The van der Waals surface area contributed by atoms with Gasteiger partial charge in [0.1, 0.15) is 5.78 Å². The van der Waals surface area contributed by atoms with Crippen LogP contribution in [0.4, 0.5) is 0 Å². The summed E-state index contributed by atoms with van der Waals surface area (Å²) in [5.74, 6) is 4.13. The van der Waals surface area contributed by atoms with Gasteiger partial charge in [-0.25, -0.2) is 0 Å². The third-order valence-electron chi connectivity index (χ3n) is 4.56. The minimum atomic E-state index is -0.280. The molecule has 2 atom stereocenters. The monoisotopic (exact) mass is 284 g/mol. The molecule has 110 valence electrons. The highest BCUT2D eigenvalue weighted by Gasteiger charge is 2.39. The minimum Gasteiger partial charge on any atom is -0.493 e. The van der Waals surface area contributed by atoms with Gasteiger partial charge < -0.3 is 9.47 Å². The summed E-state index contributed by atoms with van der Waals surface area (Å²) in [7, 11) is 1.65. The molecule has 0 aliphatic heterocycles. The van der Waals surface area contributed by atoms with E-state index in [0.29, 0.717) is 6.42 Å². The van der Waals surface area contributed by atoms with Crippen molar-refractivity contribution in [1.82, 2.24) is 0 Å². The molecule has 21 heavy (non-hydrogen) atoms. The molecule has 2 aliphatic rings. The van der Waals surface area contributed by atoms with E-state index < -0.39 is 0 Å². The first-order chi connectivity index (χ1) is 10.2. The van der Waals surface area contributed by atoms with Crippen LogP contribution in [0.1, 0.15) is 43.6 Å². The zero-order chi connectivity index (χ0) is 14.8. The molecule has 2 saturated carbocycles. The lowest BCUT2D eigenvalue weighted by molar-refractivity contribution is -0.128. The Bertz CT molecular complexity index is 579. The largest absolute Gasteiger partial charge is 0.493 e. The van der Waals surface area contributed by atoms with E-state index in [-0.39, 0.29) is 23.7 Å². The van der Waals surface area contributed by atoms with Gasteiger partial charge in [0, 0.05) is 12.3 Å². The predicted octanol–water partition coefficient (Wildman–Crippen LogP) is 3.32. The van der Waals surface area contributed by atoms with Crippen LogP contribution in [-0.4, -0.2) is 19.0 Å². The Morgan fingerprint density at radius 3 is 2.62 bits per heavy atom. The third-order valence-corrected chi connectivity index (χ3v) is 4.56. The lowest BCUT2D eigenvalue weighted by Crippen LogP contribution is -2.34. The molecule has 0 bridgehead atoms. The first kappa shape index (κ1) is 14.0. The molecule has 0 saturated heterocycles. The summed E-state index contributed by atoms with van der Waals surface area (Å²) >= 11 is 0. The third kappa shape index (κ3) is 2.63. The van der Waals surface area contributed by atoms with Crippen LogP contribution in [0.15, 0.2) is 18.2 Å². The lowest BCUT2D eigenvalue weighted by Gasteiger charge is -2.32. The van der Waals surface area contributed by atoms with Gasteiger partial charge in [-0.15, -0.1) is 6.42 Å². The number of Topliss-reactive ketones (excluding diaryl/α,β-unsaturated/α-hetero) is 1. The van der Waals surface area contributed by atoms with Crippen LogP contribution >= 0.6 is 0 Å². The maximum Gasteiger partial charge on any atom is 0.161 e. The topological polar surface area (TPSA) is 35.5 Å². The van der Waals surface area contributed by atoms with Crippen molar-refractivity contribution in [1.29, 1.82) is 0 Å². The average molecular weight is 284 g/mol. The number of benzene rings is 1. The van der Waals surface area contributed by atoms with Gasteiger partial charge in [0.15, 0.2) is 11.5 Å². The molecule has 0 spiro atoms. The van der Waals surface area contributed by atoms with E-state index in [1.807, 2.05) is 18.2 Å². The second-order valence-corrected chi connectivity index (χ2v) is 5.86. The number of terminal acetylenes is 1. The molecule has 2 aliphatic carbocycles. The highest BCUT2D eigenvalue weighted by molar-refractivity contribution is 5.92. The second-order valence-electron chi connectivity index (χ2n) is 5.86. The van der Waals surface area contributed by atoms with Crippen LogP contribution in [-0.2, 0) is 4.79 Å². The molecule has 1 aromatic carbocycles. The number of carbonyl (C=O) groups excluding carboxylic acids is 1. The molecular weight excluding hydrogens is 264 g/mol. The van der Waals surface area contributed by atoms with E-state index in [1.54, 1.807) is 7.11 Å². The summed E-state index contributed by atoms with van der Waals surface area (Å²) in [5, 5.41) is 0. The van der Waals surface area contributed by atoms with Crippen molar-refractivity contribution >= 4 is 5.78 Å². The molecule has 0 radical (unpaired) electrons. The zero-order valence-electron chi connectivity index (χ0n) is 12.3. The summed E-state index contributed by atoms with van der Waals surface area (Å²) in [6.07, 6.45) is 10.9. The van der Waals surface area contributed by atoms with Crippen molar-refractivity contribution in [3.8, 4) is 23.8 Å². The molecule has 2 fully saturated rings. The van der Waals surface area contributed by atoms with Gasteiger partial charge in [-0.05, 0) is 43.4 Å². The smallest absolute Gasteiger partial charge is 0.161 e. The van der Waals surface area contributed by atoms with E-state index in [2.05, 4.69) is 5.92 Å². The Morgan fingerprint density at radius 1 is 1.24 bits per heavy atom. The zero-order valence-corrected chi connectivity index (χ0v) is 12.3. The molecule has 0 heterocycles. The Kier molecular flexibility index (Phi) is 3.88. The van der Waals surface area contributed by atoms with Gasteiger partial charge >= 0.3 is 0 Å². The molecule has 3 nitrogen and oxygen atoms in total. The van der Waals surface area contributed by atoms with Gasteiger partial charge in [-0.1, -0.05) is 12.0 Å². The van der Waals surface area contributed by atoms with Crippen molar-refractivity contribution in [2.75, 3.05) is 7.11 Å². The van der Waals surface area contributed by atoms with E-state index in [0.717, 1.165) is 29.9 Å². The van der Waals surface area contributed by atoms with Crippen molar-refractivity contribution in [3.05, 3.63) is 23.8 Å². The van der Waals surface area contributed by atoms with Crippen LogP contribution in [0, 0.1) is 18.3 Å². The van der Waals surface area contributed by atoms with Crippen LogP contribution in [0.3, 0.4) is 0 Å². The number of rotatable bonds is 4. The minimum absolute atomic E-state index is 0.124. The number of ketones is 1. The Balaban J connectivity index is 1.83. The van der Waals surface area contributed by atoms with Crippen LogP contribution in [0.25, 0.3) is 0 Å². The maximum absolute atomic E-state index is 11.5. The van der Waals surface area contributed by atoms with Gasteiger partial charge in [-0.3, -0.25) is 4.79 Å². The Labute approximate surface area is 125 Å². The van der Waals surface area contributed by atoms with E-state index in [9.17, 15) is 4.79 Å².